The standard InChI is InChI=1S/C25H24N6O3/c1-5-17-6-8-18(9-7-17)23-27-25(34-29-23)22-15(2)31(30-28-22)14-21-16(3)33-24(26-21)19-10-12-20(32-4)13-11-19/h6-13H,5,14H2,1-4H3. The maximum atomic E-state index is 5.89. The largest absolute Gasteiger partial charge is 0.497 e. The Kier molecular flexibility index (Phi) is 5.67. The number of oxazole rings is 1. The van der Waals surface area contributed by atoms with Gasteiger partial charge in [0.15, 0.2) is 5.69 Å². The topological polar surface area (TPSA) is 105 Å². The zero-order valence-electron chi connectivity index (χ0n) is 19.4. The van der Waals surface area contributed by atoms with Crippen molar-refractivity contribution in [2.24, 2.45) is 0 Å². The number of ether oxygens (including phenoxy) is 1. The first-order chi connectivity index (χ1) is 16.6. The van der Waals surface area contributed by atoms with Gasteiger partial charge in [-0.3, -0.25) is 0 Å². The third-order valence-electron chi connectivity index (χ3n) is 5.76. The van der Waals surface area contributed by atoms with Crippen LogP contribution in [0.1, 0.15) is 29.6 Å². The molecule has 0 N–H and O–H groups in total. The summed E-state index contributed by atoms with van der Waals surface area (Å²) in [5.41, 5.74) is 5.13. The number of aryl methyl sites for hydroxylation is 2. The van der Waals surface area contributed by atoms with Crippen molar-refractivity contribution < 1.29 is 13.7 Å². The Morgan fingerprint density at radius 1 is 0.912 bits per heavy atom. The van der Waals surface area contributed by atoms with Gasteiger partial charge in [-0.1, -0.05) is 41.6 Å². The molecule has 0 atom stereocenters. The fourth-order valence-electron chi connectivity index (χ4n) is 3.61. The highest BCUT2D eigenvalue weighted by molar-refractivity contribution is 5.59. The molecular formula is C25H24N6O3. The Morgan fingerprint density at radius 3 is 2.35 bits per heavy atom. The second-order valence-corrected chi connectivity index (χ2v) is 7.91. The van der Waals surface area contributed by atoms with Crippen LogP contribution in [0.15, 0.2) is 57.5 Å². The third-order valence-corrected chi connectivity index (χ3v) is 5.76. The third kappa shape index (κ3) is 4.07. The molecule has 0 bridgehead atoms. The molecule has 3 aromatic heterocycles. The second kappa shape index (κ2) is 8.93. The van der Waals surface area contributed by atoms with Crippen molar-refractivity contribution in [2.75, 3.05) is 7.11 Å². The van der Waals surface area contributed by atoms with Crippen LogP contribution in [-0.4, -0.2) is 37.2 Å². The maximum Gasteiger partial charge on any atom is 0.280 e. The van der Waals surface area contributed by atoms with E-state index in [2.05, 4.69) is 44.5 Å². The van der Waals surface area contributed by atoms with E-state index in [1.165, 1.54) is 5.56 Å². The average Bonchev–Trinajstić information content (AvgIpc) is 3.59. The summed E-state index contributed by atoms with van der Waals surface area (Å²) in [5, 5.41) is 12.7. The summed E-state index contributed by atoms with van der Waals surface area (Å²) >= 11 is 0. The first-order valence-corrected chi connectivity index (χ1v) is 11.0. The van der Waals surface area contributed by atoms with E-state index in [0.717, 1.165) is 40.4 Å². The van der Waals surface area contributed by atoms with Crippen LogP contribution < -0.4 is 4.74 Å². The molecule has 0 radical (unpaired) electrons. The Balaban J connectivity index is 1.36. The van der Waals surface area contributed by atoms with Crippen molar-refractivity contribution in [1.29, 1.82) is 0 Å². The fourth-order valence-corrected chi connectivity index (χ4v) is 3.61. The predicted molar refractivity (Wildman–Crippen MR) is 125 cm³/mol. The number of aromatic nitrogens is 6. The van der Waals surface area contributed by atoms with Crippen LogP contribution in [0.25, 0.3) is 34.4 Å². The minimum absolute atomic E-state index is 0.328. The molecule has 5 rings (SSSR count). The molecule has 0 aliphatic carbocycles. The molecule has 3 heterocycles. The molecule has 0 spiro atoms. The lowest BCUT2D eigenvalue weighted by Gasteiger charge is -2.01. The second-order valence-electron chi connectivity index (χ2n) is 7.91. The minimum atomic E-state index is 0.328. The summed E-state index contributed by atoms with van der Waals surface area (Å²) in [6.07, 6.45) is 0.979. The van der Waals surface area contributed by atoms with E-state index in [4.69, 9.17) is 13.7 Å². The summed E-state index contributed by atoms with van der Waals surface area (Å²) in [4.78, 5) is 9.19. The smallest absolute Gasteiger partial charge is 0.280 e. The van der Waals surface area contributed by atoms with Crippen LogP contribution in [-0.2, 0) is 13.0 Å². The van der Waals surface area contributed by atoms with E-state index in [-0.39, 0.29) is 0 Å². The van der Waals surface area contributed by atoms with Crippen molar-refractivity contribution in [3.63, 3.8) is 0 Å². The summed E-state index contributed by atoms with van der Waals surface area (Å²) in [6.45, 7) is 6.32. The van der Waals surface area contributed by atoms with E-state index in [0.29, 0.717) is 29.8 Å². The van der Waals surface area contributed by atoms with Gasteiger partial charge in [0.2, 0.25) is 11.7 Å². The zero-order chi connectivity index (χ0) is 23.7. The number of hydrogen-bond acceptors (Lipinski definition) is 8. The summed E-state index contributed by atoms with van der Waals surface area (Å²) in [5.74, 6) is 2.89. The van der Waals surface area contributed by atoms with Crippen molar-refractivity contribution in [3.8, 4) is 40.2 Å². The lowest BCUT2D eigenvalue weighted by molar-refractivity contribution is 0.415. The molecule has 0 saturated heterocycles. The molecule has 9 heteroatoms. The predicted octanol–water partition coefficient (Wildman–Crippen LogP) is 4.89. The van der Waals surface area contributed by atoms with Gasteiger partial charge in [-0.2, -0.15) is 4.98 Å². The van der Waals surface area contributed by atoms with Crippen molar-refractivity contribution in [2.45, 2.75) is 33.7 Å². The van der Waals surface area contributed by atoms with Gasteiger partial charge in [0.25, 0.3) is 5.89 Å². The van der Waals surface area contributed by atoms with Crippen LogP contribution >= 0.6 is 0 Å². The van der Waals surface area contributed by atoms with Crippen molar-refractivity contribution in [3.05, 3.63) is 71.2 Å². The molecule has 0 fully saturated rings. The highest BCUT2D eigenvalue weighted by atomic mass is 16.5. The van der Waals surface area contributed by atoms with E-state index in [9.17, 15) is 0 Å². The van der Waals surface area contributed by atoms with Crippen molar-refractivity contribution in [1.82, 2.24) is 30.1 Å². The lowest BCUT2D eigenvalue weighted by Crippen LogP contribution is -2.05. The van der Waals surface area contributed by atoms with Gasteiger partial charge in [0.1, 0.15) is 17.2 Å². The van der Waals surface area contributed by atoms with Crippen LogP contribution in [0.2, 0.25) is 0 Å². The van der Waals surface area contributed by atoms with Crippen molar-refractivity contribution >= 4 is 0 Å². The zero-order valence-corrected chi connectivity index (χ0v) is 19.4. The van der Waals surface area contributed by atoms with E-state index in [1.54, 1.807) is 11.8 Å². The first kappa shape index (κ1) is 21.6. The van der Waals surface area contributed by atoms with E-state index in [1.807, 2.05) is 50.2 Å². The van der Waals surface area contributed by atoms with Crippen LogP contribution in [0.3, 0.4) is 0 Å². The van der Waals surface area contributed by atoms with E-state index >= 15 is 0 Å². The molecule has 0 aliphatic heterocycles. The molecule has 9 nitrogen and oxygen atoms in total. The summed E-state index contributed by atoms with van der Waals surface area (Å²) < 4.78 is 18.3. The normalized spacial score (nSPS) is 11.2. The van der Waals surface area contributed by atoms with Crippen LogP contribution in [0.5, 0.6) is 5.75 Å². The van der Waals surface area contributed by atoms with Gasteiger partial charge >= 0.3 is 0 Å². The van der Waals surface area contributed by atoms with Gasteiger partial charge in [-0.05, 0) is 50.1 Å². The van der Waals surface area contributed by atoms with Gasteiger partial charge in [0, 0.05) is 11.1 Å². The number of hydrogen-bond donors (Lipinski definition) is 0. The van der Waals surface area contributed by atoms with Gasteiger partial charge in [-0.15, -0.1) is 5.10 Å². The number of benzene rings is 2. The average molecular weight is 457 g/mol. The SMILES string of the molecule is CCc1ccc(-c2noc(-c3nnn(Cc4nc(-c5ccc(OC)cc5)oc4C)c3C)n2)cc1. The highest BCUT2D eigenvalue weighted by Gasteiger charge is 2.20. The lowest BCUT2D eigenvalue weighted by atomic mass is 10.1. The summed E-state index contributed by atoms with van der Waals surface area (Å²) in [6, 6.07) is 15.7. The van der Waals surface area contributed by atoms with Gasteiger partial charge < -0.3 is 13.7 Å². The minimum Gasteiger partial charge on any atom is -0.497 e. The first-order valence-electron chi connectivity index (χ1n) is 11.0. The molecule has 0 amide bonds. The molecule has 0 saturated carbocycles. The molecule has 34 heavy (non-hydrogen) atoms. The quantitative estimate of drug-likeness (QED) is 0.341. The fraction of sp³-hybridized carbons (Fsp3) is 0.240. The molecule has 0 unspecified atom stereocenters. The van der Waals surface area contributed by atoms with Gasteiger partial charge in [-0.25, -0.2) is 9.67 Å². The number of rotatable bonds is 7. The summed E-state index contributed by atoms with van der Waals surface area (Å²) in [7, 11) is 1.63. The van der Waals surface area contributed by atoms with Gasteiger partial charge in [0.05, 0.1) is 19.3 Å². The van der Waals surface area contributed by atoms with E-state index < -0.39 is 0 Å². The monoisotopic (exact) mass is 456 g/mol. The maximum absolute atomic E-state index is 5.89. The Labute approximate surface area is 196 Å². The Morgan fingerprint density at radius 2 is 1.65 bits per heavy atom. The highest BCUT2D eigenvalue weighted by Crippen LogP contribution is 2.26. The molecule has 0 aliphatic rings. The molecule has 2 aromatic carbocycles. The van der Waals surface area contributed by atoms with Crippen LogP contribution in [0.4, 0.5) is 0 Å². The van der Waals surface area contributed by atoms with Crippen LogP contribution in [0, 0.1) is 13.8 Å². The molecule has 5 aromatic rings. The Bertz CT molecular complexity index is 1410. The molecular weight excluding hydrogens is 432 g/mol. The number of nitrogens with zero attached hydrogens (tertiary/aromatic N) is 6. The number of methoxy groups -OCH3 is 1. The molecule has 172 valence electrons. The Hall–Kier alpha value is -4.27.